The van der Waals surface area contributed by atoms with E-state index in [2.05, 4.69) is 10.3 Å². The number of hydrogen-bond acceptors (Lipinski definition) is 5. The van der Waals surface area contributed by atoms with E-state index in [1.54, 1.807) is 22.1 Å². The molecule has 1 aliphatic carbocycles. The molecule has 2 aromatic rings. The van der Waals surface area contributed by atoms with E-state index >= 15 is 0 Å². The van der Waals surface area contributed by atoms with Crippen LogP contribution in [0.2, 0.25) is 0 Å². The van der Waals surface area contributed by atoms with E-state index in [9.17, 15) is 9.59 Å². The topological polar surface area (TPSA) is 73.2 Å². The molecule has 0 bridgehead atoms. The SMILES string of the molecule is Cc1cc(=O)c(OCC(=O)Nc2nc3c(s2)CCCCC3)cn1C. The van der Waals surface area contributed by atoms with E-state index in [1.165, 1.54) is 23.8 Å². The summed E-state index contributed by atoms with van der Waals surface area (Å²) in [7, 11) is 1.82. The van der Waals surface area contributed by atoms with E-state index in [0.29, 0.717) is 5.13 Å². The molecule has 6 nitrogen and oxygen atoms in total. The number of carbonyl (C=O) groups is 1. The van der Waals surface area contributed by atoms with Crippen molar-refractivity contribution >= 4 is 22.4 Å². The summed E-state index contributed by atoms with van der Waals surface area (Å²) in [6.07, 6.45) is 7.20. The molecule has 24 heavy (non-hydrogen) atoms. The van der Waals surface area contributed by atoms with Crippen molar-refractivity contribution in [3.05, 3.63) is 38.8 Å². The summed E-state index contributed by atoms with van der Waals surface area (Å²) < 4.78 is 7.14. The first-order valence-corrected chi connectivity index (χ1v) is 8.93. The van der Waals surface area contributed by atoms with E-state index in [1.807, 2.05) is 14.0 Å². The molecule has 0 fully saturated rings. The number of nitrogens with zero attached hydrogens (tertiary/aromatic N) is 2. The highest BCUT2D eigenvalue weighted by molar-refractivity contribution is 7.15. The van der Waals surface area contributed by atoms with Crippen LogP contribution in [0.15, 0.2) is 17.1 Å². The van der Waals surface area contributed by atoms with Crippen molar-refractivity contribution in [2.24, 2.45) is 7.05 Å². The van der Waals surface area contributed by atoms with Crippen molar-refractivity contribution in [1.29, 1.82) is 0 Å². The highest BCUT2D eigenvalue weighted by atomic mass is 32.1. The van der Waals surface area contributed by atoms with Crippen molar-refractivity contribution in [1.82, 2.24) is 9.55 Å². The molecule has 128 valence electrons. The molecule has 0 saturated heterocycles. The molecule has 2 heterocycles. The van der Waals surface area contributed by atoms with Crippen LogP contribution in [0.4, 0.5) is 5.13 Å². The van der Waals surface area contributed by atoms with Gasteiger partial charge in [-0.3, -0.25) is 14.9 Å². The number of amides is 1. The minimum absolute atomic E-state index is 0.174. The lowest BCUT2D eigenvalue weighted by Gasteiger charge is -2.08. The van der Waals surface area contributed by atoms with Crippen LogP contribution in [0.1, 0.15) is 35.5 Å². The molecule has 0 aliphatic heterocycles. The van der Waals surface area contributed by atoms with Gasteiger partial charge < -0.3 is 9.30 Å². The second-order valence-electron chi connectivity index (χ2n) is 6.04. The monoisotopic (exact) mass is 347 g/mol. The van der Waals surface area contributed by atoms with Gasteiger partial charge >= 0.3 is 0 Å². The molecule has 0 unspecified atom stereocenters. The normalized spacial score (nSPS) is 13.9. The van der Waals surface area contributed by atoms with Crippen LogP contribution in [-0.4, -0.2) is 22.1 Å². The Labute approximate surface area is 144 Å². The summed E-state index contributed by atoms with van der Waals surface area (Å²) in [5, 5.41) is 3.39. The number of aryl methyl sites for hydroxylation is 4. The third-order valence-corrected chi connectivity index (χ3v) is 5.22. The van der Waals surface area contributed by atoms with Crippen molar-refractivity contribution < 1.29 is 9.53 Å². The lowest BCUT2D eigenvalue weighted by Crippen LogP contribution is -2.22. The Morgan fingerprint density at radius 1 is 1.38 bits per heavy atom. The molecular weight excluding hydrogens is 326 g/mol. The fourth-order valence-electron chi connectivity index (χ4n) is 2.69. The Hall–Kier alpha value is -2.15. The minimum Gasteiger partial charge on any atom is -0.478 e. The lowest BCUT2D eigenvalue weighted by atomic mass is 10.2. The average molecular weight is 347 g/mol. The summed E-state index contributed by atoms with van der Waals surface area (Å²) in [5.74, 6) is -0.130. The molecule has 3 rings (SSSR count). The van der Waals surface area contributed by atoms with Crippen LogP contribution in [-0.2, 0) is 24.7 Å². The number of thiazole rings is 1. The zero-order chi connectivity index (χ0) is 17.1. The van der Waals surface area contributed by atoms with Gasteiger partial charge in [0.15, 0.2) is 17.5 Å². The highest BCUT2D eigenvalue weighted by Gasteiger charge is 2.16. The van der Waals surface area contributed by atoms with Gasteiger partial charge in [-0.1, -0.05) is 6.42 Å². The Kier molecular flexibility index (Phi) is 4.99. The van der Waals surface area contributed by atoms with Crippen LogP contribution in [0.25, 0.3) is 0 Å². The number of rotatable bonds is 4. The van der Waals surface area contributed by atoms with Crippen LogP contribution >= 0.6 is 11.3 Å². The zero-order valence-corrected chi connectivity index (χ0v) is 14.7. The predicted molar refractivity (Wildman–Crippen MR) is 93.9 cm³/mol. The average Bonchev–Trinajstić information content (AvgIpc) is 2.78. The molecule has 0 atom stereocenters. The van der Waals surface area contributed by atoms with Gasteiger partial charge in [0.25, 0.3) is 5.91 Å². The van der Waals surface area contributed by atoms with Crippen molar-refractivity contribution in [3.63, 3.8) is 0 Å². The maximum Gasteiger partial charge on any atom is 0.264 e. The fraction of sp³-hybridized carbons (Fsp3) is 0.471. The molecule has 1 amide bonds. The van der Waals surface area contributed by atoms with Gasteiger partial charge in [0.2, 0.25) is 5.43 Å². The number of pyridine rings is 1. The Morgan fingerprint density at radius 3 is 3.00 bits per heavy atom. The Morgan fingerprint density at radius 2 is 2.17 bits per heavy atom. The number of ether oxygens (including phenoxy) is 1. The zero-order valence-electron chi connectivity index (χ0n) is 13.9. The maximum absolute atomic E-state index is 12.1. The second kappa shape index (κ2) is 7.17. The minimum atomic E-state index is -0.304. The number of hydrogen-bond donors (Lipinski definition) is 1. The van der Waals surface area contributed by atoms with Crippen LogP contribution in [0, 0.1) is 6.92 Å². The molecule has 1 aliphatic rings. The van der Waals surface area contributed by atoms with Gasteiger partial charge in [0, 0.05) is 29.9 Å². The van der Waals surface area contributed by atoms with Crippen LogP contribution < -0.4 is 15.5 Å². The van der Waals surface area contributed by atoms with Gasteiger partial charge in [0.1, 0.15) is 0 Å². The highest BCUT2D eigenvalue weighted by Crippen LogP contribution is 2.28. The predicted octanol–water partition coefficient (Wildman–Crippen LogP) is 2.44. The van der Waals surface area contributed by atoms with Crippen molar-refractivity contribution in [2.45, 2.75) is 39.0 Å². The summed E-state index contributed by atoms with van der Waals surface area (Å²) in [4.78, 5) is 29.7. The molecule has 7 heteroatoms. The molecular formula is C17H21N3O3S. The Bertz CT molecular complexity index is 786. The summed E-state index contributed by atoms with van der Waals surface area (Å²) in [6.45, 7) is 1.63. The number of nitrogens with one attached hydrogen (secondary N) is 1. The molecule has 0 spiro atoms. The van der Waals surface area contributed by atoms with Crippen molar-refractivity contribution in [2.75, 3.05) is 11.9 Å². The summed E-state index contributed by atoms with van der Waals surface area (Å²) in [6, 6.07) is 1.49. The fourth-order valence-corrected chi connectivity index (χ4v) is 3.76. The van der Waals surface area contributed by atoms with Crippen molar-refractivity contribution in [3.8, 4) is 5.75 Å². The third-order valence-electron chi connectivity index (χ3n) is 4.15. The summed E-state index contributed by atoms with van der Waals surface area (Å²) >= 11 is 1.54. The number of anilines is 1. The first kappa shape index (κ1) is 16.7. The number of aromatic nitrogens is 2. The second-order valence-corrected chi connectivity index (χ2v) is 7.12. The largest absolute Gasteiger partial charge is 0.478 e. The number of carbonyl (C=O) groups excluding carboxylic acids is 1. The van der Waals surface area contributed by atoms with Gasteiger partial charge in [-0.25, -0.2) is 4.98 Å². The van der Waals surface area contributed by atoms with Gasteiger partial charge in [0.05, 0.1) is 5.69 Å². The lowest BCUT2D eigenvalue weighted by molar-refractivity contribution is -0.118. The molecule has 0 saturated carbocycles. The molecule has 2 aromatic heterocycles. The molecule has 0 radical (unpaired) electrons. The first-order chi connectivity index (χ1) is 11.5. The summed E-state index contributed by atoms with van der Waals surface area (Å²) in [5.41, 5.74) is 1.72. The van der Waals surface area contributed by atoms with Gasteiger partial charge in [-0.15, -0.1) is 11.3 Å². The van der Waals surface area contributed by atoms with E-state index in [0.717, 1.165) is 30.7 Å². The van der Waals surface area contributed by atoms with Gasteiger partial charge in [-0.2, -0.15) is 0 Å². The molecule has 1 N–H and O–H groups in total. The third kappa shape index (κ3) is 3.84. The van der Waals surface area contributed by atoms with E-state index in [-0.39, 0.29) is 23.7 Å². The number of fused-ring (bicyclic) bond motifs is 1. The maximum atomic E-state index is 12.1. The van der Waals surface area contributed by atoms with Gasteiger partial charge in [-0.05, 0) is 32.6 Å². The van der Waals surface area contributed by atoms with Crippen LogP contribution in [0.3, 0.4) is 0 Å². The quantitative estimate of drug-likeness (QED) is 0.862. The standard InChI is InChI=1S/C17H21N3O3S/c1-11-8-13(21)14(9-20(11)2)23-10-16(22)19-17-18-12-6-4-3-5-7-15(12)24-17/h8-9H,3-7,10H2,1-2H3,(H,18,19,22). The van der Waals surface area contributed by atoms with Crippen LogP contribution in [0.5, 0.6) is 5.75 Å². The first-order valence-electron chi connectivity index (χ1n) is 8.11. The van der Waals surface area contributed by atoms with E-state index in [4.69, 9.17) is 4.74 Å². The smallest absolute Gasteiger partial charge is 0.264 e. The van der Waals surface area contributed by atoms with E-state index < -0.39 is 0 Å². The Balaban J connectivity index is 1.60. The molecule has 0 aromatic carbocycles.